The molecule has 5 nitrogen and oxygen atoms in total. The highest BCUT2D eigenvalue weighted by atomic mass is 79.9. The first-order valence-corrected chi connectivity index (χ1v) is 8.17. The minimum atomic E-state index is -0.337. The van der Waals surface area contributed by atoms with Crippen LogP contribution in [0.1, 0.15) is 27.6 Å². The van der Waals surface area contributed by atoms with Crippen molar-refractivity contribution >= 4 is 50.6 Å². The van der Waals surface area contributed by atoms with Gasteiger partial charge in [0.05, 0.1) is 11.6 Å². The third-order valence-corrected chi connectivity index (χ3v) is 4.01. The maximum Gasteiger partial charge on any atom is 0.257 e. The van der Waals surface area contributed by atoms with Crippen LogP contribution < -0.4 is 15.4 Å². The number of ether oxygens (including phenoxy) is 1. The second-order valence-corrected chi connectivity index (χ2v) is 6.15. The van der Waals surface area contributed by atoms with E-state index in [2.05, 4.69) is 26.6 Å². The first-order chi connectivity index (χ1) is 11.4. The molecule has 0 spiro atoms. The van der Waals surface area contributed by atoms with Crippen LogP contribution >= 0.6 is 28.1 Å². The number of nitrogens with one attached hydrogen (secondary N) is 2. The standard InChI is InChI=1S/C17H15BrN2O3S/c1-10(21)11-3-6-13(7-4-11)19-17(24)20-16(22)12-5-8-15(23-2)14(18)9-12/h3-9H,1-2H3,(H2,19,20,22,24). The zero-order valence-electron chi connectivity index (χ0n) is 13.1. The van der Waals surface area contributed by atoms with Crippen LogP contribution in [0.3, 0.4) is 0 Å². The number of hydrogen-bond donors (Lipinski definition) is 2. The first kappa shape index (κ1) is 18.1. The Labute approximate surface area is 153 Å². The van der Waals surface area contributed by atoms with Crippen molar-refractivity contribution < 1.29 is 14.3 Å². The molecule has 2 aromatic rings. The predicted molar refractivity (Wildman–Crippen MR) is 101 cm³/mol. The number of hydrogen-bond acceptors (Lipinski definition) is 4. The zero-order valence-corrected chi connectivity index (χ0v) is 15.5. The average Bonchev–Trinajstić information content (AvgIpc) is 2.55. The summed E-state index contributed by atoms with van der Waals surface area (Å²) in [5.74, 6) is 0.288. The molecule has 0 radical (unpaired) electrons. The lowest BCUT2D eigenvalue weighted by atomic mass is 10.1. The van der Waals surface area contributed by atoms with Gasteiger partial charge in [0.25, 0.3) is 5.91 Å². The van der Waals surface area contributed by atoms with Gasteiger partial charge in [-0.3, -0.25) is 14.9 Å². The van der Waals surface area contributed by atoms with Gasteiger partial charge in [-0.2, -0.15) is 0 Å². The largest absolute Gasteiger partial charge is 0.496 e. The smallest absolute Gasteiger partial charge is 0.257 e. The van der Waals surface area contributed by atoms with Gasteiger partial charge in [-0.25, -0.2) is 0 Å². The van der Waals surface area contributed by atoms with Gasteiger partial charge in [0.15, 0.2) is 10.9 Å². The van der Waals surface area contributed by atoms with Crippen molar-refractivity contribution in [3.05, 3.63) is 58.1 Å². The molecule has 7 heteroatoms. The van der Waals surface area contributed by atoms with E-state index in [1.807, 2.05) is 0 Å². The summed E-state index contributed by atoms with van der Waals surface area (Å²) in [7, 11) is 1.55. The monoisotopic (exact) mass is 406 g/mol. The number of amides is 1. The summed E-state index contributed by atoms with van der Waals surface area (Å²) in [5.41, 5.74) is 1.73. The molecule has 0 atom stereocenters. The summed E-state index contributed by atoms with van der Waals surface area (Å²) < 4.78 is 5.80. The van der Waals surface area contributed by atoms with Crippen molar-refractivity contribution in [2.75, 3.05) is 12.4 Å². The maximum atomic E-state index is 12.2. The Hall–Kier alpha value is -2.25. The van der Waals surface area contributed by atoms with Crippen LogP contribution in [0.15, 0.2) is 46.9 Å². The molecule has 2 rings (SSSR count). The summed E-state index contributed by atoms with van der Waals surface area (Å²) in [6.07, 6.45) is 0. The van der Waals surface area contributed by atoms with Crippen LogP contribution in [0.4, 0.5) is 5.69 Å². The van der Waals surface area contributed by atoms with Crippen molar-refractivity contribution in [1.29, 1.82) is 0 Å². The number of rotatable bonds is 4. The Balaban J connectivity index is 2.00. The van der Waals surface area contributed by atoms with Crippen molar-refractivity contribution in [3.8, 4) is 5.75 Å². The minimum absolute atomic E-state index is 0.0116. The van der Waals surface area contributed by atoms with Crippen LogP contribution in [0.5, 0.6) is 5.75 Å². The van der Waals surface area contributed by atoms with Gasteiger partial charge >= 0.3 is 0 Å². The number of anilines is 1. The number of thiocarbonyl (C=S) groups is 1. The Kier molecular flexibility index (Phi) is 6.05. The van der Waals surface area contributed by atoms with E-state index in [-0.39, 0.29) is 16.8 Å². The summed E-state index contributed by atoms with van der Waals surface area (Å²) in [4.78, 5) is 23.4. The molecule has 0 aliphatic carbocycles. The summed E-state index contributed by atoms with van der Waals surface area (Å²) in [5, 5.41) is 5.67. The van der Waals surface area contributed by atoms with Crippen LogP contribution in [-0.4, -0.2) is 23.9 Å². The molecule has 0 heterocycles. The molecular formula is C17H15BrN2O3S. The molecule has 0 aliphatic rings. The summed E-state index contributed by atoms with van der Waals surface area (Å²) in [6.45, 7) is 1.50. The van der Waals surface area contributed by atoms with Gasteiger partial charge in [-0.1, -0.05) is 0 Å². The lowest BCUT2D eigenvalue weighted by Crippen LogP contribution is -2.34. The molecule has 2 aromatic carbocycles. The molecular weight excluding hydrogens is 392 g/mol. The van der Waals surface area contributed by atoms with E-state index in [1.54, 1.807) is 49.6 Å². The van der Waals surface area contributed by atoms with E-state index in [0.29, 0.717) is 27.0 Å². The van der Waals surface area contributed by atoms with Crippen molar-refractivity contribution in [2.45, 2.75) is 6.92 Å². The molecule has 1 amide bonds. The highest BCUT2D eigenvalue weighted by molar-refractivity contribution is 9.10. The number of carbonyl (C=O) groups is 2. The molecule has 0 saturated heterocycles. The van der Waals surface area contributed by atoms with E-state index < -0.39 is 0 Å². The second kappa shape index (κ2) is 8.03. The van der Waals surface area contributed by atoms with Crippen LogP contribution in [0.25, 0.3) is 0 Å². The third kappa shape index (κ3) is 4.62. The molecule has 2 N–H and O–H groups in total. The fourth-order valence-corrected chi connectivity index (χ4v) is 2.68. The summed E-state index contributed by atoms with van der Waals surface area (Å²) in [6, 6.07) is 11.8. The molecule has 0 aliphatic heterocycles. The zero-order chi connectivity index (χ0) is 17.7. The van der Waals surface area contributed by atoms with E-state index in [0.717, 1.165) is 0 Å². The van der Waals surface area contributed by atoms with Gasteiger partial charge in [0.2, 0.25) is 0 Å². The molecule has 0 saturated carbocycles. The van der Waals surface area contributed by atoms with Gasteiger partial charge < -0.3 is 10.1 Å². The molecule has 24 heavy (non-hydrogen) atoms. The van der Waals surface area contributed by atoms with Gasteiger partial charge in [-0.05, 0) is 77.5 Å². The molecule has 0 fully saturated rings. The molecule has 0 aromatic heterocycles. The van der Waals surface area contributed by atoms with Crippen LogP contribution in [-0.2, 0) is 0 Å². The third-order valence-electron chi connectivity index (χ3n) is 3.19. The Morgan fingerprint density at radius 3 is 2.25 bits per heavy atom. The average molecular weight is 407 g/mol. The number of benzene rings is 2. The van der Waals surface area contributed by atoms with Crippen LogP contribution in [0, 0.1) is 0 Å². The lowest BCUT2D eigenvalue weighted by Gasteiger charge is -2.11. The van der Waals surface area contributed by atoms with Crippen LogP contribution in [0.2, 0.25) is 0 Å². The second-order valence-electron chi connectivity index (χ2n) is 4.89. The fourth-order valence-electron chi connectivity index (χ4n) is 1.93. The summed E-state index contributed by atoms with van der Waals surface area (Å²) >= 11 is 8.46. The Morgan fingerprint density at radius 2 is 1.71 bits per heavy atom. The van der Waals surface area contributed by atoms with Gasteiger partial charge in [0.1, 0.15) is 5.75 Å². The van der Waals surface area contributed by atoms with E-state index in [9.17, 15) is 9.59 Å². The van der Waals surface area contributed by atoms with E-state index in [1.165, 1.54) is 6.92 Å². The van der Waals surface area contributed by atoms with E-state index >= 15 is 0 Å². The number of halogens is 1. The first-order valence-electron chi connectivity index (χ1n) is 6.97. The highest BCUT2D eigenvalue weighted by Gasteiger charge is 2.10. The number of methoxy groups -OCH3 is 1. The van der Waals surface area contributed by atoms with Gasteiger partial charge in [-0.15, -0.1) is 0 Å². The normalized spacial score (nSPS) is 9.96. The molecule has 124 valence electrons. The SMILES string of the molecule is COc1ccc(C(=O)NC(=S)Nc2ccc(C(C)=O)cc2)cc1Br. The topological polar surface area (TPSA) is 67.4 Å². The maximum absolute atomic E-state index is 12.2. The minimum Gasteiger partial charge on any atom is -0.496 e. The molecule has 0 unspecified atom stereocenters. The highest BCUT2D eigenvalue weighted by Crippen LogP contribution is 2.25. The number of ketones is 1. The fraction of sp³-hybridized carbons (Fsp3) is 0.118. The number of carbonyl (C=O) groups excluding carboxylic acids is 2. The Bertz CT molecular complexity index is 791. The van der Waals surface area contributed by atoms with Gasteiger partial charge in [0, 0.05) is 16.8 Å². The van der Waals surface area contributed by atoms with E-state index in [4.69, 9.17) is 17.0 Å². The molecule has 0 bridgehead atoms. The van der Waals surface area contributed by atoms with Crippen molar-refractivity contribution in [2.24, 2.45) is 0 Å². The van der Waals surface area contributed by atoms with Crippen molar-refractivity contribution in [1.82, 2.24) is 5.32 Å². The van der Waals surface area contributed by atoms with Crippen molar-refractivity contribution in [3.63, 3.8) is 0 Å². The Morgan fingerprint density at radius 1 is 1.08 bits per heavy atom. The number of Topliss-reactive ketones (excluding diaryl/α,β-unsaturated/α-hetero) is 1. The predicted octanol–water partition coefficient (Wildman–Crippen LogP) is 3.79. The quantitative estimate of drug-likeness (QED) is 0.597. The lowest BCUT2D eigenvalue weighted by molar-refractivity contribution is 0.0976.